The van der Waals surface area contributed by atoms with Crippen LogP contribution < -0.4 is 11.1 Å². The second kappa shape index (κ2) is 10.6. The molecular formula is C24H25F3N6OS. The molecule has 0 bridgehead atoms. The number of nitrogens with one attached hydrogen (secondary N) is 1. The van der Waals surface area contributed by atoms with Gasteiger partial charge in [0.05, 0.1) is 24.9 Å². The highest BCUT2D eigenvalue weighted by molar-refractivity contribution is 7.99. The van der Waals surface area contributed by atoms with E-state index in [0.29, 0.717) is 34.7 Å². The molecule has 1 aliphatic heterocycles. The van der Waals surface area contributed by atoms with E-state index in [9.17, 15) is 18.0 Å². The summed E-state index contributed by atoms with van der Waals surface area (Å²) in [6.45, 7) is 4.00. The maximum Gasteiger partial charge on any atom is 0.390 e. The number of anilines is 1. The van der Waals surface area contributed by atoms with Crippen molar-refractivity contribution in [3.63, 3.8) is 0 Å². The molecule has 0 saturated carbocycles. The van der Waals surface area contributed by atoms with Gasteiger partial charge in [-0.3, -0.25) is 14.1 Å². The minimum Gasteiger partial charge on any atom is -0.367 e. The molecule has 184 valence electrons. The topological polar surface area (TPSA) is 88.6 Å². The summed E-state index contributed by atoms with van der Waals surface area (Å²) in [4.78, 5) is 22.7. The number of aromatic nitrogens is 3. The number of alkyl halides is 3. The Bertz CT molecular complexity index is 1290. The number of carbonyl (C=O) groups excluding carboxylic acids is 1. The number of halogens is 3. The van der Waals surface area contributed by atoms with Crippen LogP contribution in [0.2, 0.25) is 0 Å². The Hall–Kier alpha value is -3.23. The van der Waals surface area contributed by atoms with Crippen LogP contribution in [0.3, 0.4) is 0 Å². The zero-order chi connectivity index (χ0) is 25.0. The molecular weight excluding hydrogens is 477 g/mol. The summed E-state index contributed by atoms with van der Waals surface area (Å²) in [6, 6.07) is 5.22. The summed E-state index contributed by atoms with van der Waals surface area (Å²) >= 11 is 1.92. The van der Waals surface area contributed by atoms with Crippen LogP contribution in [0, 0.1) is 18.8 Å². The predicted octanol–water partition coefficient (Wildman–Crippen LogP) is 3.57. The number of nitrogens with two attached hydrogens (primary N) is 1. The van der Waals surface area contributed by atoms with Gasteiger partial charge in [0.2, 0.25) is 5.91 Å². The first-order valence-corrected chi connectivity index (χ1v) is 12.3. The van der Waals surface area contributed by atoms with Crippen molar-refractivity contribution in [3.05, 3.63) is 47.4 Å². The summed E-state index contributed by atoms with van der Waals surface area (Å²) in [6.07, 6.45) is -1.94. The minimum absolute atomic E-state index is 0.229. The molecule has 4 rings (SSSR count). The van der Waals surface area contributed by atoms with Crippen molar-refractivity contribution >= 4 is 29.1 Å². The van der Waals surface area contributed by atoms with Gasteiger partial charge in [0, 0.05) is 48.5 Å². The monoisotopic (exact) mass is 502 g/mol. The molecule has 35 heavy (non-hydrogen) atoms. The number of benzene rings is 1. The van der Waals surface area contributed by atoms with E-state index in [1.165, 1.54) is 0 Å². The highest BCUT2D eigenvalue weighted by Gasteiger charge is 2.26. The first-order chi connectivity index (χ1) is 16.7. The molecule has 1 saturated heterocycles. The number of hydrogen-bond acceptors (Lipinski definition) is 6. The van der Waals surface area contributed by atoms with Crippen LogP contribution in [0.15, 0.2) is 30.6 Å². The molecule has 7 nitrogen and oxygen atoms in total. The standard InChI is InChI=1S/C24H25F3N6OS/c1-16-13-17(4-5-19(16)21(28)34)20-14-30-23-22(29-7-6-24(25,26)27)31-18(15-33(20)23)3-2-8-32-9-11-35-12-10-32/h4-5,13-15H,6-12H2,1H3,(H2,28,34)(H,29,31). The van der Waals surface area contributed by atoms with Crippen molar-refractivity contribution in [2.45, 2.75) is 19.5 Å². The van der Waals surface area contributed by atoms with Crippen molar-refractivity contribution < 1.29 is 18.0 Å². The smallest absolute Gasteiger partial charge is 0.367 e. The van der Waals surface area contributed by atoms with Gasteiger partial charge in [-0.05, 0) is 30.5 Å². The predicted molar refractivity (Wildman–Crippen MR) is 131 cm³/mol. The third kappa shape index (κ3) is 6.26. The fraction of sp³-hybridized carbons (Fsp3) is 0.375. The van der Waals surface area contributed by atoms with Crippen molar-refractivity contribution in [1.82, 2.24) is 19.3 Å². The van der Waals surface area contributed by atoms with Gasteiger partial charge in [-0.15, -0.1) is 0 Å². The van der Waals surface area contributed by atoms with Crippen LogP contribution in [-0.2, 0) is 0 Å². The number of fused-ring (bicyclic) bond motifs is 1. The van der Waals surface area contributed by atoms with Crippen LogP contribution in [0.1, 0.15) is 28.0 Å². The largest absolute Gasteiger partial charge is 0.390 e. The highest BCUT2D eigenvalue weighted by Crippen LogP contribution is 2.27. The maximum absolute atomic E-state index is 12.7. The number of aryl methyl sites for hydroxylation is 1. The van der Waals surface area contributed by atoms with E-state index in [-0.39, 0.29) is 12.4 Å². The molecule has 1 aromatic carbocycles. The van der Waals surface area contributed by atoms with E-state index in [4.69, 9.17) is 5.73 Å². The minimum atomic E-state index is -4.28. The number of nitrogens with zero attached hydrogens (tertiary/aromatic N) is 4. The number of imidazole rings is 1. The van der Waals surface area contributed by atoms with E-state index in [1.54, 1.807) is 35.9 Å². The molecule has 1 amide bonds. The average molecular weight is 503 g/mol. The van der Waals surface area contributed by atoms with Gasteiger partial charge in [-0.25, -0.2) is 9.97 Å². The molecule has 11 heteroatoms. The van der Waals surface area contributed by atoms with Crippen LogP contribution in [0.5, 0.6) is 0 Å². The second-order valence-corrected chi connectivity index (χ2v) is 9.41. The van der Waals surface area contributed by atoms with E-state index in [1.807, 2.05) is 17.8 Å². The van der Waals surface area contributed by atoms with Crippen LogP contribution in [-0.4, -0.2) is 69.0 Å². The van der Waals surface area contributed by atoms with Crippen molar-refractivity contribution in [2.75, 3.05) is 43.0 Å². The lowest BCUT2D eigenvalue weighted by Crippen LogP contribution is -2.32. The Labute approximate surface area is 205 Å². The molecule has 1 aliphatic rings. The van der Waals surface area contributed by atoms with Crippen LogP contribution in [0.4, 0.5) is 19.0 Å². The normalized spacial score (nSPS) is 14.5. The summed E-state index contributed by atoms with van der Waals surface area (Å²) in [5, 5.41) is 2.77. The molecule has 3 aromatic rings. The molecule has 3 N–H and O–H groups in total. The van der Waals surface area contributed by atoms with Gasteiger partial charge >= 0.3 is 6.18 Å². The van der Waals surface area contributed by atoms with E-state index >= 15 is 0 Å². The van der Waals surface area contributed by atoms with Gasteiger partial charge in [-0.2, -0.15) is 24.9 Å². The van der Waals surface area contributed by atoms with Crippen LogP contribution in [0.25, 0.3) is 16.9 Å². The Balaban J connectivity index is 1.69. The number of rotatable bonds is 6. The Morgan fingerprint density at radius 2 is 2.06 bits per heavy atom. The zero-order valence-corrected chi connectivity index (χ0v) is 20.0. The number of primary amides is 1. The number of thioether (sulfide) groups is 1. The van der Waals surface area contributed by atoms with Gasteiger partial charge in [-0.1, -0.05) is 12.0 Å². The Kier molecular flexibility index (Phi) is 7.52. The molecule has 0 unspecified atom stereocenters. The Morgan fingerprint density at radius 3 is 2.74 bits per heavy atom. The molecule has 0 atom stereocenters. The molecule has 0 radical (unpaired) electrons. The number of carbonyl (C=O) groups is 1. The van der Waals surface area contributed by atoms with Crippen molar-refractivity contribution in [2.24, 2.45) is 5.73 Å². The fourth-order valence-electron chi connectivity index (χ4n) is 3.80. The van der Waals surface area contributed by atoms with Crippen molar-refractivity contribution in [3.8, 4) is 23.1 Å². The fourth-order valence-corrected chi connectivity index (χ4v) is 4.78. The Morgan fingerprint density at radius 1 is 1.29 bits per heavy atom. The van der Waals surface area contributed by atoms with Gasteiger partial charge < -0.3 is 11.1 Å². The average Bonchev–Trinajstić information content (AvgIpc) is 3.23. The second-order valence-electron chi connectivity index (χ2n) is 8.19. The summed E-state index contributed by atoms with van der Waals surface area (Å²) in [7, 11) is 0. The first-order valence-electron chi connectivity index (χ1n) is 11.1. The van der Waals surface area contributed by atoms with E-state index < -0.39 is 18.5 Å². The number of hydrogen-bond donors (Lipinski definition) is 2. The molecule has 3 heterocycles. The lowest BCUT2D eigenvalue weighted by Gasteiger charge is -2.23. The number of amides is 1. The highest BCUT2D eigenvalue weighted by atomic mass is 32.2. The first kappa shape index (κ1) is 24.9. The van der Waals surface area contributed by atoms with Crippen LogP contribution >= 0.6 is 11.8 Å². The summed E-state index contributed by atoms with van der Waals surface area (Å²) < 4.78 is 39.9. The molecule has 0 spiro atoms. The van der Waals surface area contributed by atoms with Gasteiger partial charge in [0.1, 0.15) is 5.69 Å². The molecule has 0 aliphatic carbocycles. The van der Waals surface area contributed by atoms with E-state index in [0.717, 1.165) is 30.2 Å². The summed E-state index contributed by atoms with van der Waals surface area (Å²) in [5.74, 6) is 8.05. The van der Waals surface area contributed by atoms with Gasteiger partial charge in [0.25, 0.3) is 0 Å². The van der Waals surface area contributed by atoms with E-state index in [2.05, 4.69) is 32.0 Å². The lowest BCUT2D eigenvalue weighted by atomic mass is 10.0. The van der Waals surface area contributed by atoms with Gasteiger partial charge in [0.15, 0.2) is 11.5 Å². The summed E-state index contributed by atoms with van der Waals surface area (Å²) in [5.41, 5.74) is 8.82. The molecule has 2 aromatic heterocycles. The quantitative estimate of drug-likeness (QED) is 0.501. The SMILES string of the molecule is Cc1cc(-c2cnc3c(NCCC(F)(F)F)nc(C#CCN4CCSCC4)cn23)ccc1C(N)=O. The maximum atomic E-state index is 12.7. The third-order valence-electron chi connectivity index (χ3n) is 5.60. The van der Waals surface area contributed by atoms with Crippen molar-refractivity contribution in [1.29, 1.82) is 0 Å². The third-order valence-corrected chi connectivity index (χ3v) is 6.55. The lowest BCUT2D eigenvalue weighted by molar-refractivity contribution is -0.131. The zero-order valence-electron chi connectivity index (χ0n) is 19.2. The molecule has 1 fully saturated rings.